The molecule has 1 aliphatic heterocycles. The van der Waals surface area contributed by atoms with Crippen LogP contribution >= 0.6 is 0 Å². The van der Waals surface area contributed by atoms with Crippen molar-refractivity contribution < 1.29 is 14.3 Å². The van der Waals surface area contributed by atoms with Crippen LogP contribution in [-0.4, -0.2) is 27.5 Å². The number of aromatic nitrogens is 3. The monoisotopic (exact) mass is 336 g/mol. The molecule has 0 aliphatic carbocycles. The third-order valence-electron chi connectivity index (χ3n) is 3.92. The average Bonchev–Trinajstić information content (AvgIpc) is 3.31. The van der Waals surface area contributed by atoms with E-state index in [0.29, 0.717) is 12.8 Å². The molecule has 7 nitrogen and oxygen atoms in total. The number of aryl methyl sites for hydroxylation is 1. The van der Waals surface area contributed by atoms with E-state index < -0.39 is 0 Å². The molecule has 0 bridgehead atoms. The highest BCUT2D eigenvalue weighted by molar-refractivity contribution is 5.91. The van der Waals surface area contributed by atoms with Gasteiger partial charge in [-0.2, -0.15) is 0 Å². The number of carbonyl (C=O) groups is 1. The zero-order valence-electron chi connectivity index (χ0n) is 13.4. The topological polar surface area (TPSA) is 78.3 Å². The molecule has 0 saturated heterocycles. The number of fused-ring (bicyclic) bond motifs is 1. The van der Waals surface area contributed by atoms with Crippen molar-refractivity contribution in [3.8, 4) is 17.2 Å². The highest BCUT2D eigenvalue weighted by Gasteiger charge is 2.13. The zero-order valence-corrected chi connectivity index (χ0v) is 13.4. The normalized spacial score (nSPS) is 12.2. The highest BCUT2D eigenvalue weighted by atomic mass is 16.7. The van der Waals surface area contributed by atoms with Crippen LogP contribution in [0, 0.1) is 0 Å². The van der Waals surface area contributed by atoms with Gasteiger partial charge in [-0.3, -0.25) is 9.36 Å². The fourth-order valence-corrected chi connectivity index (χ4v) is 2.66. The third kappa shape index (κ3) is 3.45. The van der Waals surface area contributed by atoms with Gasteiger partial charge in [0.1, 0.15) is 12.7 Å². The Morgan fingerprint density at radius 1 is 1.08 bits per heavy atom. The van der Waals surface area contributed by atoms with Crippen molar-refractivity contribution in [1.82, 2.24) is 14.8 Å². The van der Waals surface area contributed by atoms with Crippen molar-refractivity contribution in [3.05, 3.63) is 60.7 Å². The Morgan fingerprint density at radius 2 is 1.92 bits per heavy atom. The Bertz CT molecular complexity index is 893. The Kier molecular flexibility index (Phi) is 4.04. The molecule has 0 spiro atoms. The smallest absolute Gasteiger partial charge is 0.231 e. The average molecular weight is 336 g/mol. The van der Waals surface area contributed by atoms with Crippen molar-refractivity contribution in [1.29, 1.82) is 0 Å². The summed E-state index contributed by atoms with van der Waals surface area (Å²) in [6.45, 7) is 0.252. The van der Waals surface area contributed by atoms with E-state index >= 15 is 0 Å². The quantitative estimate of drug-likeness (QED) is 0.775. The lowest BCUT2D eigenvalue weighted by atomic mass is 10.1. The van der Waals surface area contributed by atoms with E-state index in [1.807, 2.05) is 42.5 Å². The van der Waals surface area contributed by atoms with Gasteiger partial charge in [0.05, 0.1) is 5.69 Å². The van der Waals surface area contributed by atoms with E-state index in [1.165, 1.54) is 0 Å². The van der Waals surface area contributed by atoms with Crippen LogP contribution in [0.15, 0.2) is 55.1 Å². The molecule has 1 amide bonds. The summed E-state index contributed by atoms with van der Waals surface area (Å²) in [4.78, 5) is 12.2. The Hall–Kier alpha value is -3.35. The second-order valence-electron chi connectivity index (χ2n) is 5.66. The molecule has 1 aliphatic rings. The second kappa shape index (κ2) is 6.64. The number of hydrogen-bond donors (Lipinski definition) is 1. The summed E-state index contributed by atoms with van der Waals surface area (Å²) >= 11 is 0. The van der Waals surface area contributed by atoms with Gasteiger partial charge in [0.2, 0.25) is 12.7 Å². The molecule has 0 atom stereocenters. The van der Waals surface area contributed by atoms with Gasteiger partial charge in [0.25, 0.3) is 0 Å². The summed E-state index contributed by atoms with van der Waals surface area (Å²) in [6, 6.07) is 13.3. The number of carbonyl (C=O) groups excluding carboxylic acids is 1. The summed E-state index contributed by atoms with van der Waals surface area (Å²) < 4.78 is 12.4. The van der Waals surface area contributed by atoms with Crippen molar-refractivity contribution in [2.75, 3.05) is 12.1 Å². The molecule has 3 aromatic rings. The van der Waals surface area contributed by atoms with Crippen molar-refractivity contribution in [2.45, 2.75) is 12.8 Å². The fourth-order valence-electron chi connectivity index (χ4n) is 2.66. The number of nitrogens with one attached hydrogen (secondary N) is 1. The molecular formula is C18H16N4O3. The Labute approximate surface area is 144 Å². The van der Waals surface area contributed by atoms with Crippen molar-refractivity contribution >= 4 is 11.6 Å². The molecule has 25 heavy (non-hydrogen) atoms. The number of amides is 1. The molecular weight excluding hydrogens is 320 g/mol. The first-order valence-corrected chi connectivity index (χ1v) is 7.91. The molecule has 2 heterocycles. The van der Waals surface area contributed by atoms with Gasteiger partial charge in [0, 0.05) is 12.1 Å². The zero-order chi connectivity index (χ0) is 17.1. The third-order valence-corrected chi connectivity index (χ3v) is 3.92. The van der Waals surface area contributed by atoms with Gasteiger partial charge in [-0.15, -0.1) is 10.2 Å². The van der Waals surface area contributed by atoms with E-state index in [9.17, 15) is 4.79 Å². The maximum Gasteiger partial charge on any atom is 0.231 e. The molecule has 7 heteroatoms. The van der Waals surface area contributed by atoms with E-state index in [2.05, 4.69) is 15.5 Å². The molecule has 0 unspecified atom stereocenters. The van der Waals surface area contributed by atoms with Crippen LogP contribution in [0.3, 0.4) is 0 Å². The predicted molar refractivity (Wildman–Crippen MR) is 90.9 cm³/mol. The largest absolute Gasteiger partial charge is 0.454 e. The van der Waals surface area contributed by atoms with Crippen LogP contribution in [0.1, 0.15) is 12.0 Å². The van der Waals surface area contributed by atoms with Crippen LogP contribution in [0.2, 0.25) is 0 Å². The minimum atomic E-state index is -0.0430. The lowest BCUT2D eigenvalue weighted by Gasteiger charge is -2.08. The molecule has 4 rings (SSSR count). The lowest BCUT2D eigenvalue weighted by Crippen LogP contribution is -2.12. The molecule has 1 aromatic heterocycles. The molecule has 2 aromatic carbocycles. The Morgan fingerprint density at radius 3 is 2.80 bits per heavy atom. The number of ether oxygens (including phenoxy) is 2. The number of nitrogens with zero attached hydrogens (tertiary/aromatic N) is 3. The molecule has 0 saturated carbocycles. The highest BCUT2D eigenvalue weighted by Crippen LogP contribution is 2.32. The number of rotatable bonds is 5. The van der Waals surface area contributed by atoms with Crippen molar-refractivity contribution in [3.63, 3.8) is 0 Å². The summed E-state index contributed by atoms with van der Waals surface area (Å²) in [5, 5.41) is 10.5. The van der Waals surface area contributed by atoms with Gasteiger partial charge < -0.3 is 14.8 Å². The maximum atomic E-state index is 12.2. The van der Waals surface area contributed by atoms with Crippen LogP contribution in [0.5, 0.6) is 11.5 Å². The van der Waals surface area contributed by atoms with Gasteiger partial charge in [-0.25, -0.2) is 0 Å². The van der Waals surface area contributed by atoms with E-state index in [-0.39, 0.29) is 12.7 Å². The van der Waals surface area contributed by atoms with Gasteiger partial charge in [-0.05, 0) is 42.3 Å². The molecule has 1 N–H and O–H groups in total. The standard InChI is InChI=1S/C18H16N4O3/c23-18(7-5-13-4-6-16-17(8-13)25-12-24-16)21-14-2-1-3-15(9-14)22-10-19-20-11-22/h1-4,6,8-11H,5,7,12H2,(H,21,23). The van der Waals surface area contributed by atoms with Gasteiger partial charge in [-0.1, -0.05) is 12.1 Å². The lowest BCUT2D eigenvalue weighted by molar-refractivity contribution is -0.116. The van der Waals surface area contributed by atoms with Crippen LogP contribution in [0.25, 0.3) is 5.69 Å². The summed E-state index contributed by atoms with van der Waals surface area (Å²) in [5.41, 5.74) is 2.66. The maximum absolute atomic E-state index is 12.2. The summed E-state index contributed by atoms with van der Waals surface area (Å²) in [7, 11) is 0. The van der Waals surface area contributed by atoms with E-state index in [4.69, 9.17) is 9.47 Å². The molecule has 0 fully saturated rings. The first-order valence-electron chi connectivity index (χ1n) is 7.91. The van der Waals surface area contributed by atoms with E-state index in [0.717, 1.165) is 28.4 Å². The summed E-state index contributed by atoms with van der Waals surface area (Å²) in [6.07, 6.45) is 4.24. The van der Waals surface area contributed by atoms with Crippen LogP contribution in [-0.2, 0) is 11.2 Å². The van der Waals surface area contributed by atoms with Crippen LogP contribution < -0.4 is 14.8 Å². The van der Waals surface area contributed by atoms with Gasteiger partial charge in [0.15, 0.2) is 11.5 Å². The Balaban J connectivity index is 1.37. The SMILES string of the molecule is O=C(CCc1ccc2c(c1)OCO2)Nc1cccc(-n2cnnc2)c1. The number of benzene rings is 2. The molecule has 0 radical (unpaired) electrons. The number of hydrogen-bond acceptors (Lipinski definition) is 5. The summed E-state index contributed by atoms with van der Waals surface area (Å²) in [5.74, 6) is 1.44. The molecule has 126 valence electrons. The predicted octanol–water partition coefficient (Wildman–Crippen LogP) is 2.57. The minimum Gasteiger partial charge on any atom is -0.454 e. The second-order valence-corrected chi connectivity index (χ2v) is 5.66. The van der Waals surface area contributed by atoms with Crippen LogP contribution in [0.4, 0.5) is 5.69 Å². The first kappa shape index (κ1) is 15.2. The van der Waals surface area contributed by atoms with Crippen molar-refractivity contribution in [2.24, 2.45) is 0 Å². The fraction of sp³-hybridized carbons (Fsp3) is 0.167. The first-order chi connectivity index (χ1) is 12.3. The number of anilines is 1. The van der Waals surface area contributed by atoms with E-state index in [1.54, 1.807) is 17.2 Å². The minimum absolute atomic E-state index is 0.0430. The van der Waals surface area contributed by atoms with Gasteiger partial charge >= 0.3 is 0 Å².